The summed E-state index contributed by atoms with van der Waals surface area (Å²) in [6.07, 6.45) is 4.46. The summed E-state index contributed by atoms with van der Waals surface area (Å²) in [5.41, 5.74) is 2.81. The number of rotatable bonds is 4. The van der Waals surface area contributed by atoms with Crippen molar-refractivity contribution in [1.29, 1.82) is 0 Å². The van der Waals surface area contributed by atoms with Gasteiger partial charge < -0.3 is 25.2 Å². The fraction of sp³-hybridized carbons (Fsp3) is 0.542. The minimum atomic E-state index is -0.434. The van der Waals surface area contributed by atoms with Gasteiger partial charge in [0.15, 0.2) is 0 Å². The van der Waals surface area contributed by atoms with Crippen LogP contribution >= 0.6 is 11.6 Å². The van der Waals surface area contributed by atoms with Crippen molar-refractivity contribution in [2.24, 2.45) is 0 Å². The normalized spacial score (nSPS) is 23.6. The summed E-state index contributed by atoms with van der Waals surface area (Å²) < 4.78 is 19.5. The fourth-order valence-corrected chi connectivity index (χ4v) is 5.17. The van der Waals surface area contributed by atoms with E-state index in [-0.39, 0.29) is 23.0 Å². The first kappa shape index (κ1) is 23.3. The number of urea groups is 1. The predicted molar refractivity (Wildman–Crippen MR) is 128 cm³/mol. The number of benzene rings is 1. The van der Waals surface area contributed by atoms with Gasteiger partial charge in [0.25, 0.3) is 0 Å². The number of likely N-dealkylation sites (tertiary alicyclic amines) is 1. The zero-order chi connectivity index (χ0) is 23.7. The summed E-state index contributed by atoms with van der Waals surface area (Å²) >= 11 is 5.86. The molecular formula is C24H30ClFN6O2. The first-order valence-electron chi connectivity index (χ1n) is 11.8. The number of nitrogens with one attached hydrogen (secondary N) is 2. The lowest BCUT2D eigenvalue weighted by atomic mass is 9.94. The number of likely N-dealkylation sites (N-methyl/N-ethyl adjacent to an activating group) is 1. The monoisotopic (exact) mass is 488 g/mol. The average Bonchev–Trinajstić information content (AvgIpc) is 3.20. The third-order valence-corrected chi connectivity index (χ3v) is 7.28. The van der Waals surface area contributed by atoms with Gasteiger partial charge in [-0.05, 0) is 49.6 Å². The molecule has 0 bridgehead atoms. The molecule has 3 aliphatic rings. The highest BCUT2D eigenvalue weighted by Gasteiger charge is 2.35. The molecule has 2 fully saturated rings. The van der Waals surface area contributed by atoms with Crippen molar-refractivity contribution in [2.75, 3.05) is 45.2 Å². The standard InChI is InChI=1S/C24H30ClFN6O2/c1-31-12-18(15-2-3-19(25)20(26)10-15)22(13-31)30-24(33)32-7-4-16-11-27-23(29-21(16)14-32)28-17-5-8-34-9-6-17/h2-3,10-11,17-18,22H,4-9,12-14H2,1H3,(H,30,33)(H,27,28,29)/t18-,22?/m1/s1. The van der Waals surface area contributed by atoms with Crippen LogP contribution in [0.2, 0.25) is 5.02 Å². The second-order valence-corrected chi connectivity index (χ2v) is 9.83. The molecule has 5 rings (SSSR count). The first-order chi connectivity index (χ1) is 16.5. The maximum atomic E-state index is 14.1. The van der Waals surface area contributed by atoms with Gasteiger partial charge in [-0.25, -0.2) is 19.2 Å². The molecule has 34 heavy (non-hydrogen) atoms. The van der Waals surface area contributed by atoms with E-state index >= 15 is 0 Å². The van der Waals surface area contributed by atoms with Crippen molar-refractivity contribution >= 4 is 23.6 Å². The third-order valence-electron chi connectivity index (χ3n) is 6.97. The van der Waals surface area contributed by atoms with Crippen LogP contribution in [0.4, 0.5) is 15.1 Å². The minimum Gasteiger partial charge on any atom is -0.381 e. The molecule has 2 aromatic rings. The molecule has 10 heteroatoms. The van der Waals surface area contributed by atoms with Crippen LogP contribution in [0.1, 0.15) is 35.6 Å². The van der Waals surface area contributed by atoms with Crippen molar-refractivity contribution in [2.45, 2.75) is 43.8 Å². The molecule has 8 nitrogen and oxygen atoms in total. The van der Waals surface area contributed by atoms with Crippen molar-refractivity contribution in [3.05, 3.63) is 52.1 Å². The van der Waals surface area contributed by atoms with Crippen molar-refractivity contribution in [3.8, 4) is 0 Å². The van der Waals surface area contributed by atoms with Crippen LogP contribution < -0.4 is 10.6 Å². The van der Waals surface area contributed by atoms with E-state index < -0.39 is 5.82 Å². The maximum Gasteiger partial charge on any atom is 0.318 e. The zero-order valence-electron chi connectivity index (χ0n) is 19.3. The van der Waals surface area contributed by atoms with Gasteiger partial charge in [-0.2, -0.15) is 0 Å². The van der Waals surface area contributed by atoms with Gasteiger partial charge >= 0.3 is 6.03 Å². The van der Waals surface area contributed by atoms with Gasteiger partial charge in [-0.15, -0.1) is 0 Å². The molecule has 2 atom stereocenters. The maximum absolute atomic E-state index is 14.1. The van der Waals surface area contributed by atoms with Crippen LogP contribution in [0.3, 0.4) is 0 Å². The quantitative estimate of drug-likeness (QED) is 0.688. The number of halogens is 2. The Bertz CT molecular complexity index is 1050. The van der Waals surface area contributed by atoms with Crippen LogP contribution in [0, 0.1) is 5.82 Å². The summed E-state index contributed by atoms with van der Waals surface area (Å²) in [4.78, 5) is 26.3. The molecule has 1 aromatic carbocycles. The minimum absolute atomic E-state index is 0.00426. The third kappa shape index (κ3) is 5.11. The van der Waals surface area contributed by atoms with Crippen LogP contribution in [-0.2, 0) is 17.7 Å². The van der Waals surface area contributed by atoms with E-state index in [0.29, 0.717) is 31.6 Å². The van der Waals surface area contributed by atoms with Crippen LogP contribution in [-0.4, -0.2) is 77.8 Å². The summed E-state index contributed by atoms with van der Waals surface area (Å²) in [6.45, 7) is 3.98. The summed E-state index contributed by atoms with van der Waals surface area (Å²) in [5.74, 6) is 0.168. The number of fused-ring (bicyclic) bond motifs is 1. The Labute approximate surface area is 203 Å². The van der Waals surface area contributed by atoms with Crippen molar-refractivity contribution in [3.63, 3.8) is 0 Å². The van der Waals surface area contributed by atoms with Crippen molar-refractivity contribution < 1.29 is 13.9 Å². The first-order valence-corrected chi connectivity index (χ1v) is 12.2. The van der Waals surface area contributed by atoms with E-state index in [1.165, 1.54) is 6.07 Å². The Morgan fingerprint density at radius 3 is 2.88 bits per heavy atom. The molecule has 4 heterocycles. The topological polar surface area (TPSA) is 82.6 Å². The van der Waals surface area contributed by atoms with E-state index in [2.05, 4.69) is 20.5 Å². The highest BCUT2D eigenvalue weighted by atomic mass is 35.5. The highest BCUT2D eigenvalue weighted by Crippen LogP contribution is 2.30. The Hall–Kier alpha value is -2.49. The highest BCUT2D eigenvalue weighted by molar-refractivity contribution is 6.30. The van der Waals surface area contributed by atoms with Crippen LogP contribution in [0.25, 0.3) is 0 Å². The molecule has 0 radical (unpaired) electrons. The number of anilines is 1. The molecule has 3 aliphatic heterocycles. The number of aromatic nitrogens is 2. The van der Waals surface area contributed by atoms with E-state index in [1.807, 2.05) is 19.3 Å². The number of ether oxygens (including phenoxy) is 1. The number of carbonyl (C=O) groups is 1. The Morgan fingerprint density at radius 1 is 1.26 bits per heavy atom. The lowest BCUT2D eigenvalue weighted by Crippen LogP contribution is -2.49. The average molecular weight is 489 g/mol. The Balaban J connectivity index is 1.24. The molecule has 0 saturated carbocycles. The van der Waals surface area contributed by atoms with Gasteiger partial charge in [-0.3, -0.25) is 0 Å². The molecule has 2 N–H and O–H groups in total. The second kappa shape index (κ2) is 10.0. The Morgan fingerprint density at radius 2 is 2.09 bits per heavy atom. The molecule has 0 spiro atoms. The van der Waals surface area contributed by atoms with Crippen LogP contribution in [0.5, 0.6) is 0 Å². The van der Waals surface area contributed by atoms with E-state index in [9.17, 15) is 9.18 Å². The van der Waals surface area contributed by atoms with E-state index in [1.54, 1.807) is 11.0 Å². The number of hydrogen-bond donors (Lipinski definition) is 2. The smallest absolute Gasteiger partial charge is 0.318 e. The molecule has 182 valence electrons. The summed E-state index contributed by atoms with van der Waals surface area (Å²) in [6, 6.07) is 4.97. The van der Waals surface area contributed by atoms with Gasteiger partial charge in [0.2, 0.25) is 5.95 Å². The number of amides is 2. The summed E-state index contributed by atoms with van der Waals surface area (Å²) in [7, 11) is 2.01. The second-order valence-electron chi connectivity index (χ2n) is 9.43. The summed E-state index contributed by atoms with van der Waals surface area (Å²) in [5, 5.41) is 6.70. The lowest BCUT2D eigenvalue weighted by molar-refractivity contribution is 0.0903. The van der Waals surface area contributed by atoms with Crippen LogP contribution in [0.15, 0.2) is 24.4 Å². The molecule has 1 unspecified atom stereocenters. The van der Waals surface area contributed by atoms with Gasteiger partial charge in [0.05, 0.1) is 23.3 Å². The number of carbonyl (C=O) groups excluding carboxylic acids is 1. The SMILES string of the molecule is CN1CC(NC(=O)N2CCc3cnc(NC4CCOCC4)nc3C2)[C@@H](c2ccc(Cl)c(F)c2)C1. The Kier molecular flexibility index (Phi) is 6.85. The zero-order valence-corrected chi connectivity index (χ0v) is 20.0. The van der Waals surface area contributed by atoms with E-state index in [0.717, 1.165) is 55.8 Å². The molecule has 2 amide bonds. The van der Waals surface area contributed by atoms with Gasteiger partial charge in [0, 0.05) is 51.0 Å². The largest absolute Gasteiger partial charge is 0.381 e. The van der Waals surface area contributed by atoms with Crippen molar-refractivity contribution in [1.82, 2.24) is 25.1 Å². The molecule has 2 saturated heterocycles. The molecule has 0 aliphatic carbocycles. The van der Waals surface area contributed by atoms with Gasteiger partial charge in [0.1, 0.15) is 5.82 Å². The number of hydrogen-bond acceptors (Lipinski definition) is 6. The molecule has 1 aromatic heterocycles. The molecular weight excluding hydrogens is 459 g/mol. The lowest BCUT2D eigenvalue weighted by Gasteiger charge is -2.31. The number of nitrogens with zero attached hydrogens (tertiary/aromatic N) is 4. The van der Waals surface area contributed by atoms with Gasteiger partial charge in [-0.1, -0.05) is 17.7 Å². The predicted octanol–water partition coefficient (Wildman–Crippen LogP) is 3.03. The van der Waals surface area contributed by atoms with E-state index in [4.69, 9.17) is 21.3 Å². The fourth-order valence-electron chi connectivity index (χ4n) is 5.05.